The maximum atomic E-state index is 9.67. The van der Waals surface area contributed by atoms with Gasteiger partial charge in [-0.3, -0.25) is 0 Å². The molecule has 0 aliphatic carbocycles. The lowest BCUT2D eigenvalue weighted by atomic mass is 10.3. The Morgan fingerprint density at radius 2 is 2.38 bits per heavy atom. The van der Waals surface area contributed by atoms with Crippen molar-refractivity contribution in [3.8, 4) is 0 Å². The van der Waals surface area contributed by atoms with E-state index in [1.54, 1.807) is 0 Å². The third kappa shape index (κ3) is 3.40. The molecule has 0 unspecified atom stereocenters. The monoisotopic (exact) mass is 114 g/mol. The SMILES string of the molecule is CC/C(O)=C/CC=O. The molecule has 0 aliphatic rings. The van der Waals surface area contributed by atoms with Gasteiger partial charge in [0.15, 0.2) is 0 Å². The standard InChI is InChI=1S/C6H10O2/c1-2-6(8)4-3-5-7/h4-5,8H,2-3H2,1H3/b6-4-. The van der Waals surface area contributed by atoms with E-state index in [9.17, 15) is 4.79 Å². The van der Waals surface area contributed by atoms with Crippen molar-refractivity contribution in [1.29, 1.82) is 0 Å². The summed E-state index contributed by atoms with van der Waals surface area (Å²) in [5.74, 6) is 0.289. The highest BCUT2D eigenvalue weighted by molar-refractivity contribution is 5.51. The fraction of sp³-hybridized carbons (Fsp3) is 0.500. The average Bonchev–Trinajstić information content (AvgIpc) is 1.83. The van der Waals surface area contributed by atoms with Crippen LogP contribution in [0.4, 0.5) is 0 Å². The molecule has 2 heteroatoms. The van der Waals surface area contributed by atoms with Crippen molar-refractivity contribution in [2.75, 3.05) is 0 Å². The first-order valence-electron chi connectivity index (χ1n) is 2.63. The van der Waals surface area contributed by atoms with Gasteiger partial charge in [0.1, 0.15) is 6.29 Å². The van der Waals surface area contributed by atoms with Gasteiger partial charge < -0.3 is 9.90 Å². The number of hydrogen-bond donors (Lipinski definition) is 1. The predicted octanol–water partition coefficient (Wildman–Crippen LogP) is 1.43. The molecule has 0 aromatic carbocycles. The van der Waals surface area contributed by atoms with Gasteiger partial charge in [0.05, 0.1) is 5.76 Å². The highest BCUT2D eigenvalue weighted by Crippen LogP contribution is 1.93. The summed E-state index contributed by atoms with van der Waals surface area (Å²) < 4.78 is 0. The number of aliphatic hydroxyl groups excluding tert-OH is 1. The van der Waals surface area contributed by atoms with Crippen LogP contribution in [0.3, 0.4) is 0 Å². The van der Waals surface area contributed by atoms with Crippen molar-refractivity contribution in [1.82, 2.24) is 0 Å². The van der Waals surface area contributed by atoms with E-state index >= 15 is 0 Å². The van der Waals surface area contributed by atoms with Crippen LogP contribution in [0.1, 0.15) is 19.8 Å². The Morgan fingerprint density at radius 1 is 1.75 bits per heavy atom. The Balaban J connectivity index is 3.40. The van der Waals surface area contributed by atoms with Gasteiger partial charge in [0.25, 0.3) is 0 Å². The minimum atomic E-state index is 0.289. The van der Waals surface area contributed by atoms with Crippen molar-refractivity contribution in [2.45, 2.75) is 19.8 Å². The van der Waals surface area contributed by atoms with Crippen LogP contribution in [0.15, 0.2) is 11.8 Å². The number of hydrogen-bond acceptors (Lipinski definition) is 2. The van der Waals surface area contributed by atoms with Crippen LogP contribution in [-0.4, -0.2) is 11.4 Å². The van der Waals surface area contributed by atoms with Crippen LogP contribution in [0, 0.1) is 0 Å². The largest absolute Gasteiger partial charge is 0.513 e. The van der Waals surface area contributed by atoms with E-state index in [0.29, 0.717) is 12.8 Å². The number of aliphatic hydroxyl groups is 1. The lowest BCUT2D eigenvalue weighted by Gasteiger charge is -1.87. The molecule has 46 valence electrons. The number of carbonyl (C=O) groups excluding carboxylic acids is 1. The lowest BCUT2D eigenvalue weighted by molar-refractivity contribution is -0.107. The minimum absolute atomic E-state index is 0.289. The first-order chi connectivity index (χ1) is 3.81. The first kappa shape index (κ1) is 7.21. The summed E-state index contributed by atoms with van der Waals surface area (Å²) in [5.41, 5.74) is 0. The van der Waals surface area contributed by atoms with E-state index in [-0.39, 0.29) is 5.76 Å². The Hall–Kier alpha value is -0.790. The van der Waals surface area contributed by atoms with Crippen LogP contribution in [0.25, 0.3) is 0 Å². The zero-order valence-corrected chi connectivity index (χ0v) is 4.92. The topological polar surface area (TPSA) is 37.3 Å². The van der Waals surface area contributed by atoms with Gasteiger partial charge in [0, 0.05) is 12.8 Å². The van der Waals surface area contributed by atoms with Crippen LogP contribution in [0.2, 0.25) is 0 Å². The maximum absolute atomic E-state index is 9.67. The normalized spacial score (nSPS) is 11.4. The van der Waals surface area contributed by atoms with Crippen LogP contribution in [-0.2, 0) is 4.79 Å². The zero-order valence-electron chi connectivity index (χ0n) is 4.92. The molecule has 8 heavy (non-hydrogen) atoms. The third-order valence-electron chi connectivity index (χ3n) is 0.812. The summed E-state index contributed by atoms with van der Waals surface area (Å²) >= 11 is 0. The summed E-state index contributed by atoms with van der Waals surface area (Å²) in [6, 6.07) is 0. The van der Waals surface area contributed by atoms with Gasteiger partial charge in [-0.25, -0.2) is 0 Å². The molecular weight excluding hydrogens is 104 g/mol. The highest BCUT2D eigenvalue weighted by Gasteiger charge is 1.82. The Kier molecular flexibility index (Phi) is 3.94. The van der Waals surface area contributed by atoms with Crippen LogP contribution < -0.4 is 0 Å². The molecule has 0 atom stereocenters. The number of allylic oxidation sites excluding steroid dienone is 2. The van der Waals surface area contributed by atoms with Gasteiger partial charge in [-0.05, 0) is 6.08 Å². The summed E-state index contributed by atoms with van der Waals surface area (Å²) in [7, 11) is 0. The fourth-order valence-corrected chi connectivity index (χ4v) is 0.328. The van der Waals surface area contributed by atoms with Crippen molar-refractivity contribution in [2.24, 2.45) is 0 Å². The number of carbonyl (C=O) groups is 1. The molecule has 0 bridgehead atoms. The Bertz CT molecular complexity index is 94.7. The van der Waals surface area contributed by atoms with E-state index in [1.807, 2.05) is 6.92 Å². The van der Waals surface area contributed by atoms with Crippen molar-refractivity contribution in [3.05, 3.63) is 11.8 Å². The van der Waals surface area contributed by atoms with Gasteiger partial charge in [-0.1, -0.05) is 6.92 Å². The van der Waals surface area contributed by atoms with Gasteiger partial charge in [0.2, 0.25) is 0 Å². The lowest BCUT2D eigenvalue weighted by Crippen LogP contribution is -1.76. The molecule has 0 heterocycles. The number of rotatable bonds is 3. The van der Waals surface area contributed by atoms with Crippen molar-refractivity contribution >= 4 is 6.29 Å². The van der Waals surface area contributed by atoms with Crippen LogP contribution in [0.5, 0.6) is 0 Å². The number of aldehydes is 1. The maximum Gasteiger partial charge on any atom is 0.123 e. The third-order valence-corrected chi connectivity index (χ3v) is 0.812. The second kappa shape index (κ2) is 4.37. The zero-order chi connectivity index (χ0) is 6.41. The minimum Gasteiger partial charge on any atom is -0.513 e. The predicted molar refractivity (Wildman–Crippen MR) is 31.7 cm³/mol. The summed E-state index contributed by atoms with van der Waals surface area (Å²) in [5, 5.41) is 8.69. The van der Waals surface area contributed by atoms with E-state index < -0.39 is 0 Å². The Morgan fingerprint density at radius 3 is 2.75 bits per heavy atom. The van der Waals surface area contributed by atoms with E-state index in [2.05, 4.69) is 0 Å². The molecule has 0 saturated heterocycles. The van der Waals surface area contributed by atoms with Gasteiger partial charge in [-0.2, -0.15) is 0 Å². The molecule has 1 N–H and O–H groups in total. The average molecular weight is 114 g/mol. The molecule has 0 fully saturated rings. The summed E-state index contributed by atoms with van der Waals surface area (Å²) in [6.07, 6.45) is 3.19. The molecular formula is C6H10O2. The second-order valence-electron chi connectivity index (χ2n) is 1.45. The van der Waals surface area contributed by atoms with Gasteiger partial charge >= 0.3 is 0 Å². The quantitative estimate of drug-likeness (QED) is 0.445. The van der Waals surface area contributed by atoms with Crippen molar-refractivity contribution in [3.63, 3.8) is 0 Å². The molecule has 0 aliphatic heterocycles. The molecule has 0 rings (SSSR count). The Labute approximate surface area is 48.8 Å². The highest BCUT2D eigenvalue weighted by atomic mass is 16.3. The molecule has 0 aromatic heterocycles. The first-order valence-corrected chi connectivity index (χ1v) is 2.63. The molecule has 0 radical (unpaired) electrons. The molecule has 0 saturated carbocycles. The fourth-order valence-electron chi connectivity index (χ4n) is 0.328. The van der Waals surface area contributed by atoms with E-state index in [0.717, 1.165) is 6.29 Å². The van der Waals surface area contributed by atoms with Crippen molar-refractivity contribution < 1.29 is 9.90 Å². The molecule has 0 aromatic rings. The molecule has 0 spiro atoms. The smallest absolute Gasteiger partial charge is 0.123 e. The molecule has 2 nitrogen and oxygen atoms in total. The van der Waals surface area contributed by atoms with Crippen LogP contribution >= 0.6 is 0 Å². The summed E-state index contributed by atoms with van der Waals surface area (Å²) in [4.78, 5) is 9.67. The van der Waals surface area contributed by atoms with Gasteiger partial charge in [-0.15, -0.1) is 0 Å². The van der Waals surface area contributed by atoms with E-state index in [1.165, 1.54) is 6.08 Å². The summed E-state index contributed by atoms with van der Waals surface area (Å²) in [6.45, 7) is 1.83. The second-order valence-corrected chi connectivity index (χ2v) is 1.45. The van der Waals surface area contributed by atoms with E-state index in [4.69, 9.17) is 5.11 Å². The molecule has 0 amide bonds.